The Balaban J connectivity index is 2.73. The second-order valence-electron chi connectivity index (χ2n) is 3.79. The van der Waals surface area contributed by atoms with E-state index in [4.69, 9.17) is 10.00 Å². The lowest BCUT2D eigenvalue weighted by Gasteiger charge is -2.16. The van der Waals surface area contributed by atoms with E-state index in [2.05, 4.69) is 5.32 Å². The third-order valence-corrected chi connectivity index (χ3v) is 2.66. The zero-order valence-electron chi connectivity index (χ0n) is 10.9. The fourth-order valence-electron chi connectivity index (χ4n) is 1.39. The number of nitrogens with zero attached hydrogens (tertiary/aromatic N) is 2. The largest absolute Gasteiger partial charge is 0.495 e. The number of hydrogen-bond acceptors (Lipinski definition) is 4. The first-order valence-electron chi connectivity index (χ1n) is 5.68. The minimum absolute atomic E-state index is 0.00362. The molecule has 0 spiro atoms. The Morgan fingerprint density at radius 3 is 2.83 bits per heavy atom. The van der Waals surface area contributed by atoms with E-state index in [1.807, 2.05) is 13.0 Å². The highest BCUT2D eigenvalue weighted by Crippen LogP contribution is 2.24. The van der Waals surface area contributed by atoms with Gasteiger partial charge in [0.1, 0.15) is 5.75 Å². The summed E-state index contributed by atoms with van der Waals surface area (Å²) in [7, 11) is 3.28. The lowest BCUT2D eigenvalue weighted by Crippen LogP contribution is -2.31. The monoisotopic (exact) mass is 247 g/mol. The SMILES string of the molecule is CCN(C)C(=O)CNc1ccc(C#N)cc1OC. The number of hydrogen-bond donors (Lipinski definition) is 1. The van der Waals surface area contributed by atoms with Crippen LogP contribution in [0.1, 0.15) is 12.5 Å². The van der Waals surface area contributed by atoms with Gasteiger partial charge in [-0.25, -0.2) is 0 Å². The molecule has 96 valence electrons. The van der Waals surface area contributed by atoms with Gasteiger partial charge in [0.2, 0.25) is 5.91 Å². The number of rotatable bonds is 5. The molecule has 0 saturated heterocycles. The number of benzene rings is 1. The Morgan fingerprint density at radius 1 is 1.56 bits per heavy atom. The van der Waals surface area contributed by atoms with E-state index >= 15 is 0 Å². The van der Waals surface area contributed by atoms with Crippen molar-refractivity contribution in [1.82, 2.24) is 4.90 Å². The highest BCUT2D eigenvalue weighted by molar-refractivity contribution is 5.81. The summed E-state index contributed by atoms with van der Waals surface area (Å²) in [6.07, 6.45) is 0. The van der Waals surface area contributed by atoms with E-state index < -0.39 is 0 Å². The van der Waals surface area contributed by atoms with Crippen molar-refractivity contribution in [1.29, 1.82) is 5.26 Å². The van der Waals surface area contributed by atoms with Crippen molar-refractivity contribution < 1.29 is 9.53 Å². The molecule has 0 aliphatic heterocycles. The van der Waals surface area contributed by atoms with Gasteiger partial charge in [-0.1, -0.05) is 0 Å². The Bertz CT molecular complexity index is 466. The maximum Gasteiger partial charge on any atom is 0.241 e. The predicted octanol–water partition coefficient (Wildman–Crippen LogP) is 1.46. The second kappa shape index (κ2) is 6.50. The van der Waals surface area contributed by atoms with E-state index in [0.29, 0.717) is 23.5 Å². The van der Waals surface area contributed by atoms with Gasteiger partial charge in [-0.15, -0.1) is 0 Å². The Morgan fingerprint density at radius 2 is 2.28 bits per heavy atom. The highest BCUT2D eigenvalue weighted by Gasteiger charge is 2.09. The summed E-state index contributed by atoms with van der Waals surface area (Å²) < 4.78 is 5.17. The molecule has 0 radical (unpaired) electrons. The van der Waals surface area contributed by atoms with Crippen molar-refractivity contribution in [2.45, 2.75) is 6.92 Å². The van der Waals surface area contributed by atoms with Crippen LogP contribution in [-0.2, 0) is 4.79 Å². The number of nitrogens with one attached hydrogen (secondary N) is 1. The van der Waals surface area contributed by atoms with Crippen molar-refractivity contribution in [3.05, 3.63) is 23.8 Å². The summed E-state index contributed by atoms with van der Waals surface area (Å²) in [5.41, 5.74) is 1.23. The normalized spacial score (nSPS) is 9.44. The van der Waals surface area contributed by atoms with Gasteiger partial charge in [0.25, 0.3) is 0 Å². The maximum atomic E-state index is 11.6. The Hall–Kier alpha value is -2.22. The summed E-state index contributed by atoms with van der Waals surface area (Å²) in [5, 5.41) is 11.8. The highest BCUT2D eigenvalue weighted by atomic mass is 16.5. The van der Waals surface area contributed by atoms with Crippen molar-refractivity contribution in [3.8, 4) is 11.8 Å². The molecule has 1 aromatic rings. The number of likely N-dealkylation sites (N-methyl/N-ethyl adjacent to an activating group) is 1. The second-order valence-corrected chi connectivity index (χ2v) is 3.79. The number of amides is 1. The van der Waals surface area contributed by atoms with E-state index in [9.17, 15) is 4.79 Å². The number of methoxy groups -OCH3 is 1. The van der Waals surface area contributed by atoms with Crippen LogP contribution in [0.4, 0.5) is 5.69 Å². The van der Waals surface area contributed by atoms with Crippen LogP contribution >= 0.6 is 0 Å². The summed E-state index contributed by atoms with van der Waals surface area (Å²) in [5.74, 6) is 0.560. The van der Waals surface area contributed by atoms with Crippen LogP contribution in [0.25, 0.3) is 0 Å². The average molecular weight is 247 g/mol. The summed E-state index contributed by atoms with van der Waals surface area (Å²) in [4.78, 5) is 13.3. The predicted molar refractivity (Wildman–Crippen MR) is 69.5 cm³/mol. The maximum absolute atomic E-state index is 11.6. The van der Waals surface area contributed by atoms with Crippen molar-refractivity contribution in [3.63, 3.8) is 0 Å². The number of anilines is 1. The number of carbonyl (C=O) groups excluding carboxylic acids is 1. The minimum atomic E-state index is 0.00362. The van der Waals surface area contributed by atoms with Crippen LogP contribution in [0.5, 0.6) is 5.75 Å². The van der Waals surface area contributed by atoms with E-state index in [1.54, 1.807) is 30.1 Å². The average Bonchev–Trinajstić information content (AvgIpc) is 2.43. The standard InChI is InChI=1S/C13H17N3O2/c1-4-16(2)13(17)9-15-11-6-5-10(8-14)7-12(11)18-3/h5-7,15H,4,9H2,1-3H3. The minimum Gasteiger partial charge on any atom is -0.495 e. The van der Waals surface area contributed by atoms with Gasteiger partial charge in [0.05, 0.1) is 31.0 Å². The van der Waals surface area contributed by atoms with Crippen LogP contribution in [0.2, 0.25) is 0 Å². The molecule has 1 amide bonds. The molecule has 0 unspecified atom stereocenters. The Labute approximate surface area is 107 Å². The van der Waals surface area contributed by atoms with Crippen LogP contribution in [0.15, 0.2) is 18.2 Å². The molecule has 0 aliphatic carbocycles. The molecule has 1 rings (SSSR count). The first kappa shape index (κ1) is 13.8. The molecular formula is C13H17N3O2. The van der Waals surface area contributed by atoms with Crippen molar-refractivity contribution in [2.75, 3.05) is 32.6 Å². The van der Waals surface area contributed by atoms with Gasteiger partial charge in [-0.05, 0) is 19.1 Å². The van der Waals surface area contributed by atoms with Gasteiger partial charge in [0, 0.05) is 19.7 Å². The summed E-state index contributed by atoms with van der Waals surface area (Å²) >= 11 is 0. The van der Waals surface area contributed by atoms with Gasteiger partial charge in [-0.3, -0.25) is 4.79 Å². The Kier molecular flexibility index (Phi) is 5.00. The zero-order valence-corrected chi connectivity index (χ0v) is 10.9. The van der Waals surface area contributed by atoms with Gasteiger partial charge >= 0.3 is 0 Å². The molecule has 0 saturated carbocycles. The van der Waals surface area contributed by atoms with E-state index in [1.165, 1.54) is 7.11 Å². The topological polar surface area (TPSA) is 65.4 Å². The smallest absolute Gasteiger partial charge is 0.241 e. The molecule has 1 N–H and O–H groups in total. The third-order valence-electron chi connectivity index (χ3n) is 2.66. The number of carbonyl (C=O) groups is 1. The van der Waals surface area contributed by atoms with Crippen LogP contribution < -0.4 is 10.1 Å². The fraction of sp³-hybridized carbons (Fsp3) is 0.385. The lowest BCUT2D eigenvalue weighted by atomic mass is 10.2. The zero-order chi connectivity index (χ0) is 13.5. The van der Waals surface area contributed by atoms with Crippen molar-refractivity contribution >= 4 is 11.6 Å². The molecule has 0 atom stereocenters. The van der Waals surface area contributed by atoms with Gasteiger partial charge < -0.3 is 15.0 Å². The van der Waals surface area contributed by atoms with E-state index in [-0.39, 0.29) is 12.5 Å². The molecular weight excluding hydrogens is 230 g/mol. The summed E-state index contributed by atoms with van der Waals surface area (Å²) in [6, 6.07) is 7.09. The first-order chi connectivity index (χ1) is 8.62. The quantitative estimate of drug-likeness (QED) is 0.855. The van der Waals surface area contributed by atoms with Crippen LogP contribution in [0.3, 0.4) is 0 Å². The molecule has 5 heteroatoms. The van der Waals surface area contributed by atoms with Gasteiger partial charge in [0.15, 0.2) is 0 Å². The number of ether oxygens (including phenoxy) is 1. The number of nitriles is 1. The molecule has 1 aromatic carbocycles. The summed E-state index contributed by atoms with van der Waals surface area (Å²) in [6.45, 7) is 2.79. The van der Waals surface area contributed by atoms with Crippen LogP contribution in [0, 0.1) is 11.3 Å². The van der Waals surface area contributed by atoms with Crippen molar-refractivity contribution in [2.24, 2.45) is 0 Å². The van der Waals surface area contributed by atoms with Crippen LogP contribution in [-0.4, -0.2) is 38.1 Å². The molecule has 0 aliphatic rings. The molecule has 0 bridgehead atoms. The van der Waals surface area contributed by atoms with E-state index in [0.717, 1.165) is 0 Å². The fourth-order valence-corrected chi connectivity index (χ4v) is 1.39. The molecule has 0 fully saturated rings. The molecule has 18 heavy (non-hydrogen) atoms. The third kappa shape index (κ3) is 3.39. The first-order valence-corrected chi connectivity index (χ1v) is 5.68. The van der Waals surface area contributed by atoms with Gasteiger partial charge in [-0.2, -0.15) is 5.26 Å². The molecule has 5 nitrogen and oxygen atoms in total. The lowest BCUT2D eigenvalue weighted by molar-refractivity contribution is -0.127. The molecule has 0 heterocycles. The molecule has 0 aromatic heterocycles.